The number of anilines is 3. The van der Waals surface area contributed by atoms with E-state index in [4.69, 9.17) is 4.74 Å². The number of alkyl halides is 3. The first-order valence-corrected chi connectivity index (χ1v) is 9.22. The molecule has 2 aromatic carbocycles. The molecule has 0 radical (unpaired) electrons. The maximum Gasteiger partial charge on any atom is 0.514 e. The highest BCUT2D eigenvalue weighted by Crippen LogP contribution is 2.32. The van der Waals surface area contributed by atoms with Gasteiger partial charge in [0.1, 0.15) is 11.5 Å². The fourth-order valence-electron chi connectivity index (χ4n) is 2.64. The van der Waals surface area contributed by atoms with Crippen molar-refractivity contribution in [3.63, 3.8) is 0 Å². The van der Waals surface area contributed by atoms with Crippen LogP contribution in [0, 0.1) is 5.82 Å². The van der Waals surface area contributed by atoms with Crippen LogP contribution < -0.4 is 20.7 Å². The van der Waals surface area contributed by atoms with Crippen molar-refractivity contribution >= 4 is 29.2 Å². The van der Waals surface area contributed by atoms with E-state index in [0.717, 1.165) is 7.11 Å². The zero-order valence-electron chi connectivity index (χ0n) is 16.9. The van der Waals surface area contributed by atoms with Gasteiger partial charge < -0.3 is 25.4 Å². The fraction of sp³-hybridized carbons (Fsp3) is 0.150. The van der Waals surface area contributed by atoms with Gasteiger partial charge in [0.25, 0.3) is 0 Å². The summed E-state index contributed by atoms with van der Waals surface area (Å²) in [5.41, 5.74) is -0.350. The minimum atomic E-state index is -4.68. The maximum atomic E-state index is 13.8. The van der Waals surface area contributed by atoms with Crippen LogP contribution in [0.4, 0.5) is 44.2 Å². The molecule has 13 heteroatoms. The Morgan fingerprint density at radius 1 is 1.09 bits per heavy atom. The van der Waals surface area contributed by atoms with Gasteiger partial charge in [-0.2, -0.15) is 18.3 Å². The molecule has 3 aromatic rings. The van der Waals surface area contributed by atoms with Crippen LogP contribution in [-0.4, -0.2) is 29.5 Å². The normalized spacial score (nSPS) is 10.9. The molecular weight excluding hydrogens is 450 g/mol. The number of rotatable bonds is 6. The number of nitrogens with one attached hydrogen (secondary N) is 4. The monoisotopic (exact) mass is 467 g/mol. The van der Waals surface area contributed by atoms with Crippen molar-refractivity contribution in [2.75, 3.05) is 23.1 Å². The Kier molecular flexibility index (Phi) is 7.00. The molecule has 2 amide bonds. The topological polar surface area (TPSA) is 117 Å². The van der Waals surface area contributed by atoms with E-state index >= 15 is 0 Å². The number of ether oxygens (including phenoxy) is 2. The molecule has 0 aliphatic carbocycles. The summed E-state index contributed by atoms with van der Waals surface area (Å²) in [6, 6.07) is 7.25. The van der Waals surface area contributed by atoms with Gasteiger partial charge in [-0.3, -0.25) is 0 Å². The van der Waals surface area contributed by atoms with Crippen molar-refractivity contribution in [1.29, 1.82) is 0 Å². The smallest absolute Gasteiger partial charge is 0.437 e. The zero-order chi connectivity index (χ0) is 24.0. The summed E-state index contributed by atoms with van der Waals surface area (Å²) in [4.78, 5) is 23.4. The first kappa shape index (κ1) is 23.4. The highest BCUT2D eigenvalue weighted by molar-refractivity contribution is 5.99. The number of urea groups is 1. The molecule has 1 aromatic heterocycles. The molecule has 174 valence electrons. The molecule has 0 aliphatic heterocycles. The van der Waals surface area contributed by atoms with Crippen LogP contribution in [-0.2, 0) is 17.5 Å². The van der Waals surface area contributed by atoms with Crippen molar-refractivity contribution in [2.24, 2.45) is 0 Å². The second-order valence-electron chi connectivity index (χ2n) is 6.49. The summed E-state index contributed by atoms with van der Waals surface area (Å²) >= 11 is 0. The van der Waals surface area contributed by atoms with E-state index in [1.807, 2.05) is 0 Å². The van der Waals surface area contributed by atoms with Gasteiger partial charge in [0, 0.05) is 12.2 Å². The quantitative estimate of drug-likeness (QED) is 0.300. The second-order valence-corrected chi connectivity index (χ2v) is 6.49. The minimum Gasteiger partial charge on any atom is -0.437 e. The number of nitrogens with zero attached hydrogens (tertiary/aromatic N) is 1. The van der Waals surface area contributed by atoms with Gasteiger partial charge in [-0.1, -0.05) is 12.1 Å². The number of aromatic nitrogens is 2. The summed E-state index contributed by atoms with van der Waals surface area (Å²) in [6.07, 6.45) is -4.23. The molecule has 0 spiro atoms. The zero-order valence-corrected chi connectivity index (χ0v) is 16.9. The Hall–Kier alpha value is -4.29. The van der Waals surface area contributed by atoms with Gasteiger partial charge in [0.05, 0.1) is 24.6 Å². The van der Waals surface area contributed by atoms with E-state index in [-0.39, 0.29) is 12.4 Å². The molecule has 0 atom stereocenters. The molecular formula is C20H17F4N5O4. The lowest BCUT2D eigenvalue weighted by atomic mass is 10.2. The van der Waals surface area contributed by atoms with Crippen LogP contribution in [0.15, 0.2) is 48.7 Å². The van der Waals surface area contributed by atoms with Gasteiger partial charge in [-0.15, -0.1) is 0 Å². The predicted octanol–water partition coefficient (Wildman–Crippen LogP) is 4.97. The van der Waals surface area contributed by atoms with E-state index in [2.05, 4.69) is 30.9 Å². The van der Waals surface area contributed by atoms with E-state index in [1.165, 1.54) is 12.3 Å². The number of benzene rings is 2. The van der Waals surface area contributed by atoms with Gasteiger partial charge in [-0.25, -0.2) is 19.1 Å². The Bertz CT molecular complexity index is 1150. The minimum absolute atomic E-state index is 0.0404. The summed E-state index contributed by atoms with van der Waals surface area (Å²) in [7, 11) is 1.15. The van der Waals surface area contributed by atoms with Gasteiger partial charge in [-0.05, 0) is 35.9 Å². The third-order valence-electron chi connectivity index (χ3n) is 4.17. The third kappa shape index (κ3) is 6.35. The molecule has 1 heterocycles. The van der Waals surface area contributed by atoms with E-state index in [9.17, 15) is 27.2 Å². The Balaban J connectivity index is 1.62. The maximum absolute atomic E-state index is 13.8. The summed E-state index contributed by atoms with van der Waals surface area (Å²) in [5.74, 6) is -0.972. The lowest BCUT2D eigenvalue weighted by Crippen LogP contribution is -2.20. The van der Waals surface area contributed by atoms with Crippen LogP contribution in [0.5, 0.6) is 5.88 Å². The molecule has 0 unspecified atom stereocenters. The predicted molar refractivity (Wildman–Crippen MR) is 109 cm³/mol. The molecule has 0 saturated carbocycles. The van der Waals surface area contributed by atoms with Crippen LogP contribution >= 0.6 is 0 Å². The molecule has 4 N–H and O–H groups in total. The van der Waals surface area contributed by atoms with Crippen molar-refractivity contribution in [2.45, 2.75) is 12.7 Å². The number of amides is 2. The van der Waals surface area contributed by atoms with Crippen molar-refractivity contribution in [3.05, 3.63) is 65.6 Å². The van der Waals surface area contributed by atoms with Crippen LogP contribution in [0.3, 0.4) is 0 Å². The number of H-pyrrole nitrogens is 1. The number of halogens is 4. The highest BCUT2D eigenvalue weighted by atomic mass is 19.4. The Morgan fingerprint density at radius 3 is 2.61 bits per heavy atom. The van der Waals surface area contributed by atoms with Crippen molar-refractivity contribution < 1.29 is 36.6 Å². The van der Waals surface area contributed by atoms with Crippen molar-refractivity contribution in [3.8, 4) is 5.88 Å². The van der Waals surface area contributed by atoms with Crippen LogP contribution in [0.2, 0.25) is 0 Å². The largest absolute Gasteiger partial charge is 0.514 e. The molecule has 0 fully saturated rings. The SMILES string of the molecule is COC(=O)Oc1[nH]ncc1NCc1cccc(NC(=O)Nc2cc(C(F)(F)F)ccc2F)c1. The lowest BCUT2D eigenvalue weighted by molar-refractivity contribution is -0.137. The number of hydrogen-bond acceptors (Lipinski definition) is 6. The highest BCUT2D eigenvalue weighted by Gasteiger charge is 2.31. The van der Waals surface area contributed by atoms with Crippen LogP contribution in [0.1, 0.15) is 11.1 Å². The summed E-state index contributed by atoms with van der Waals surface area (Å²) in [5, 5.41) is 13.7. The van der Waals surface area contributed by atoms with Crippen LogP contribution in [0.25, 0.3) is 0 Å². The molecule has 9 nitrogen and oxygen atoms in total. The third-order valence-corrected chi connectivity index (χ3v) is 4.17. The average molecular weight is 467 g/mol. The lowest BCUT2D eigenvalue weighted by Gasteiger charge is -2.12. The van der Waals surface area contributed by atoms with E-state index < -0.39 is 35.4 Å². The molecule has 0 aliphatic rings. The average Bonchev–Trinajstić information content (AvgIpc) is 3.20. The Labute approximate surface area is 184 Å². The Morgan fingerprint density at radius 2 is 1.88 bits per heavy atom. The fourth-order valence-corrected chi connectivity index (χ4v) is 2.64. The summed E-state index contributed by atoms with van der Waals surface area (Å²) < 4.78 is 61.6. The number of aromatic amines is 1. The van der Waals surface area contributed by atoms with Crippen molar-refractivity contribution in [1.82, 2.24) is 10.2 Å². The van der Waals surface area contributed by atoms with Gasteiger partial charge in [0.2, 0.25) is 5.88 Å². The standard InChI is InChI=1S/C20H17F4N5O4/c1-32-19(31)33-17-16(10-26-29-17)25-9-11-3-2-4-13(7-11)27-18(30)28-15-8-12(20(22,23)24)5-6-14(15)21/h2-8,10,25H,9H2,1H3,(H,26,29)(H2,27,28,30). The number of carbonyl (C=O) groups is 2. The first-order valence-electron chi connectivity index (χ1n) is 9.22. The van der Waals surface area contributed by atoms with Gasteiger partial charge in [0.15, 0.2) is 0 Å². The second kappa shape index (κ2) is 9.89. The van der Waals surface area contributed by atoms with E-state index in [1.54, 1.807) is 18.2 Å². The molecule has 3 rings (SSSR count). The number of methoxy groups -OCH3 is 1. The molecule has 0 bridgehead atoms. The number of hydrogen-bond donors (Lipinski definition) is 4. The van der Waals surface area contributed by atoms with E-state index in [0.29, 0.717) is 35.1 Å². The molecule has 0 saturated heterocycles. The molecule has 33 heavy (non-hydrogen) atoms. The van der Waals surface area contributed by atoms with Gasteiger partial charge >= 0.3 is 18.4 Å². The summed E-state index contributed by atoms with van der Waals surface area (Å²) in [6.45, 7) is 0.233. The number of carbonyl (C=O) groups excluding carboxylic acids is 2. The first-order chi connectivity index (χ1) is 15.7.